The van der Waals surface area contributed by atoms with Gasteiger partial charge >= 0.3 is 0 Å². The van der Waals surface area contributed by atoms with E-state index in [-0.39, 0.29) is 0 Å². The number of allylic oxidation sites excluding steroid dienone is 1. The summed E-state index contributed by atoms with van der Waals surface area (Å²) in [5.74, 6) is 1.37. The van der Waals surface area contributed by atoms with Gasteiger partial charge in [-0.2, -0.15) is 0 Å². The van der Waals surface area contributed by atoms with E-state index in [9.17, 15) is 0 Å². The number of benzene rings is 1. The Morgan fingerprint density at radius 3 is 2.77 bits per heavy atom. The lowest BCUT2D eigenvalue weighted by Crippen LogP contribution is -2.31. The number of pyridine rings is 2. The van der Waals surface area contributed by atoms with E-state index in [4.69, 9.17) is 4.99 Å². The van der Waals surface area contributed by atoms with Crippen molar-refractivity contribution >= 4 is 22.3 Å². The molecule has 1 fully saturated rings. The number of hydrogen-bond acceptors (Lipinski definition) is 5. The predicted octanol–water partition coefficient (Wildman–Crippen LogP) is 4.95. The highest BCUT2D eigenvalue weighted by Gasteiger charge is 2.22. The Labute approximate surface area is 176 Å². The van der Waals surface area contributed by atoms with Gasteiger partial charge in [0.05, 0.1) is 11.4 Å². The minimum absolute atomic E-state index is 0.595. The van der Waals surface area contributed by atoms with Crippen molar-refractivity contribution in [1.29, 1.82) is 0 Å². The third-order valence-corrected chi connectivity index (χ3v) is 5.88. The van der Waals surface area contributed by atoms with Gasteiger partial charge in [-0.3, -0.25) is 9.98 Å². The molecule has 0 bridgehead atoms. The zero-order chi connectivity index (χ0) is 20.3. The topological polar surface area (TPSA) is 62.2 Å². The molecule has 2 N–H and O–H groups in total. The van der Waals surface area contributed by atoms with E-state index >= 15 is 0 Å². The Bertz CT molecular complexity index is 1140. The first-order valence-electron chi connectivity index (χ1n) is 10.5. The van der Waals surface area contributed by atoms with Gasteiger partial charge in [0.1, 0.15) is 5.82 Å². The molecule has 1 saturated heterocycles. The zero-order valence-corrected chi connectivity index (χ0v) is 16.9. The van der Waals surface area contributed by atoms with E-state index < -0.39 is 0 Å². The third kappa shape index (κ3) is 3.89. The second kappa shape index (κ2) is 8.20. The largest absolute Gasteiger partial charge is 0.339 e. The Kier molecular flexibility index (Phi) is 5.11. The summed E-state index contributed by atoms with van der Waals surface area (Å²) in [5.41, 5.74) is 5.28. The van der Waals surface area contributed by atoms with Crippen molar-refractivity contribution in [3.8, 4) is 11.1 Å². The highest BCUT2D eigenvalue weighted by atomic mass is 15.0. The highest BCUT2D eigenvalue weighted by Crippen LogP contribution is 2.28. The predicted molar refractivity (Wildman–Crippen MR) is 123 cm³/mol. The van der Waals surface area contributed by atoms with Gasteiger partial charge in [0.15, 0.2) is 0 Å². The lowest BCUT2D eigenvalue weighted by molar-refractivity contribution is 0.454. The van der Waals surface area contributed by atoms with Crippen molar-refractivity contribution in [3.63, 3.8) is 0 Å². The number of hydrogen-bond donors (Lipinski definition) is 2. The van der Waals surface area contributed by atoms with Crippen LogP contribution >= 0.6 is 0 Å². The van der Waals surface area contributed by atoms with Crippen LogP contribution < -0.4 is 10.6 Å². The van der Waals surface area contributed by atoms with E-state index in [0.717, 1.165) is 58.6 Å². The van der Waals surface area contributed by atoms with Gasteiger partial charge in [-0.25, -0.2) is 4.98 Å². The zero-order valence-electron chi connectivity index (χ0n) is 16.9. The molecule has 0 amide bonds. The maximum Gasteiger partial charge on any atom is 0.130 e. The van der Waals surface area contributed by atoms with E-state index in [1.54, 1.807) is 6.20 Å². The molecule has 4 heterocycles. The number of nitrogens with zero attached hydrogens (tertiary/aromatic N) is 3. The molecular formula is C25H25N5. The van der Waals surface area contributed by atoms with Gasteiger partial charge in [-0.15, -0.1) is 0 Å². The molecule has 2 aliphatic rings. The monoisotopic (exact) mass is 395 g/mol. The van der Waals surface area contributed by atoms with E-state index in [1.165, 1.54) is 18.6 Å². The molecule has 2 aromatic heterocycles. The maximum atomic E-state index is 4.88. The van der Waals surface area contributed by atoms with E-state index in [2.05, 4.69) is 63.6 Å². The Hall–Kier alpha value is -3.31. The highest BCUT2D eigenvalue weighted by molar-refractivity contribution is 5.92. The molecule has 0 saturated carbocycles. The smallest absolute Gasteiger partial charge is 0.130 e. The van der Waals surface area contributed by atoms with Crippen molar-refractivity contribution in [1.82, 2.24) is 15.3 Å². The molecule has 5 heteroatoms. The van der Waals surface area contributed by atoms with E-state index in [0.29, 0.717) is 5.92 Å². The molecule has 3 aromatic rings. The van der Waals surface area contributed by atoms with Gasteiger partial charge in [-0.1, -0.05) is 30.9 Å². The van der Waals surface area contributed by atoms with Crippen LogP contribution in [0.4, 0.5) is 5.82 Å². The summed E-state index contributed by atoms with van der Waals surface area (Å²) in [6.07, 6.45) is 11.0. The normalized spacial score (nSPS) is 16.9. The number of piperidine rings is 1. The second-order valence-electron chi connectivity index (χ2n) is 7.90. The summed E-state index contributed by atoms with van der Waals surface area (Å²) >= 11 is 0. The van der Waals surface area contributed by atoms with Gasteiger partial charge in [0, 0.05) is 47.6 Å². The molecule has 30 heavy (non-hydrogen) atoms. The van der Waals surface area contributed by atoms with Gasteiger partial charge in [0.2, 0.25) is 0 Å². The van der Waals surface area contributed by atoms with Crippen LogP contribution in [0.3, 0.4) is 0 Å². The fourth-order valence-corrected chi connectivity index (χ4v) is 4.19. The van der Waals surface area contributed by atoms with Crippen molar-refractivity contribution in [2.75, 3.05) is 18.4 Å². The van der Waals surface area contributed by atoms with Gasteiger partial charge in [0.25, 0.3) is 0 Å². The fourth-order valence-electron chi connectivity index (χ4n) is 4.19. The first-order valence-corrected chi connectivity index (χ1v) is 10.5. The number of aromatic nitrogens is 2. The Morgan fingerprint density at radius 1 is 1.03 bits per heavy atom. The van der Waals surface area contributed by atoms with Crippen molar-refractivity contribution in [3.05, 3.63) is 79.0 Å². The number of aliphatic imine (C=N–C) groups is 1. The maximum absolute atomic E-state index is 4.88. The van der Waals surface area contributed by atoms with Crippen LogP contribution in [-0.4, -0.2) is 28.8 Å². The first-order chi connectivity index (χ1) is 14.8. The molecule has 0 aliphatic carbocycles. The molecule has 150 valence electrons. The molecule has 5 rings (SSSR count). The van der Waals surface area contributed by atoms with E-state index in [1.807, 2.05) is 18.5 Å². The van der Waals surface area contributed by atoms with Gasteiger partial charge in [-0.05, 0) is 55.1 Å². The fraction of sp³-hybridized carbons (Fsp3) is 0.240. The van der Waals surface area contributed by atoms with Crippen LogP contribution in [0.1, 0.15) is 19.3 Å². The third-order valence-electron chi connectivity index (χ3n) is 5.88. The number of anilines is 1. The number of rotatable bonds is 5. The molecule has 0 atom stereocenters. The molecular weight excluding hydrogens is 370 g/mol. The molecule has 1 aromatic carbocycles. The standard InChI is InChI=1S/C25H25N5/c1-17(23-6-7-24(30-23)18-8-11-26-12-9-18)29-25-14-22-13-19(4-5-21(22)16-28-25)20-3-2-10-27-15-20/h2-6,10,13-16,18,26H,1,7-9,11-12H2,(H,28,29). The summed E-state index contributed by atoms with van der Waals surface area (Å²) in [7, 11) is 0. The summed E-state index contributed by atoms with van der Waals surface area (Å²) in [6.45, 7) is 6.38. The van der Waals surface area contributed by atoms with Crippen LogP contribution in [0, 0.1) is 5.92 Å². The van der Waals surface area contributed by atoms with Gasteiger partial charge < -0.3 is 10.6 Å². The number of fused-ring (bicyclic) bond motifs is 1. The van der Waals surface area contributed by atoms with Crippen LogP contribution in [0.25, 0.3) is 21.9 Å². The SMILES string of the molecule is C=C(Nc1cc2cc(-c3cccnc3)ccc2cn1)C1=CCC(C2CCNCC2)=N1. The van der Waals surface area contributed by atoms with Crippen molar-refractivity contribution in [2.45, 2.75) is 19.3 Å². The van der Waals surface area contributed by atoms with Crippen molar-refractivity contribution < 1.29 is 0 Å². The molecule has 2 aliphatic heterocycles. The quantitative estimate of drug-likeness (QED) is 0.642. The van der Waals surface area contributed by atoms with Crippen LogP contribution in [0.2, 0.25) is 0 Å². The average molecular weight is 396 g/mol. The summed E-state index contributed by atoms with van der Waals surface area (Å²) < 4.78 is 0. The molecule has 0 unspecified atom stereocenters. The summed E-state index contributed by atoms with van der Waals surface area (Å²) in [4.78, 5) is 13.7. The molecule has 0 radical (unpaired) electrons. The number of nitrogens with one attached hydrogen (secondary N) is 2. The molecule has 5 nitrogen and oxygen atoms in total. The minimum atomic E-state index is 0.595. The van der Waals surface area contributed by atoms with Crippen LogP contribution in [0.15, 0.2) is 84.0 Å². The first kappa shape index (κ1) is 18.7. The average Bonchev–Trinajstić information content (AvgIpc) is 3.30. The Morgan fingerprint density at radius 2 is 1.93 bits per heavy atom. The lowest BCUT2D eigenvalue weighted by atomic mass is 9.92. The van der Waals surface area contributed by atoms with Crippen molar-refractivity contribution in [2.24, 2.45) is 10.9 Å². The second-order valence-corrected chi connectivity index (χ2v) is 7.90. The lowest BCUT2D eigenvalue weighted by Gasteiger charge is -2.22. The summed E-state index contributed by atoms with van der Waals surface area (Å²) in [5, 5.41) is 9.00. The van der Waals surface area contributed by atoms with Crippen LogP contribution in [0.5, 0.6) is 0 Å². The minimum Gasteiger partial charge on any atom is -0.339 e. The molecule has 0 spiro atoms. The summed E-state index contributed by atoms with van der Waals surface area (Å²) in [6, 6.07) is 12.5. The van der Waals surface area contributed by atoms with Crippen LogP contribution in [-0.2, 0) is 0 Å². The Balaban J connectivity index is 1.33.